The molecule has 0 aromatic heterocycles. The van der Waals surface area contributed by atoms with Crippen LogP contribution in [0.3, 0.4) is 0 Å². The third kappa shape index (κ3) is 2.59. The number of ether oxygens (including phenoxy) is 2. The second-order valence-electron chi connectivity index (χ2n) is 6.91. The van der Waals surface area contributed by atoms with Gasteiger partial charge in [-0.25, -0.2) is 0 Å². The van der Waals surface area contributed by atoms with Gasteiger partial charge in [-0.15, -0.1) is 0 Å². The number of hydrogen-bond donors (Lipinski definition) is 1. The van der Waals surface area contributed by atoms with Crippen LogP contribution in [0.15, 0.2) is 24.3 Å². The minimum absolute atomic E-state index is 0.200. The third-order valence-electron chi connectivity index (χ3n) is 5.18. The lowest BCUT2D eigenvalue weighted by Crippen LogP contribution is -2.51. The van der Waals surface area contributed by atoms with Crippen molar-refractivity contribution >= 4 is 17.7 Å². The summed E-state index contributed by atoms with van der Waals surface area (Å²) in [6.45, 7) is 3.50. The predicted octanol–water partition coefficient (Wildman–Crippen LogP) is 0.956. The molecule has 0 radical (unpaired) electrons. The van der Waals surface area contributed by atoms with E-state index in [1.807, 2.05) is 25.1 Å². The van der Waals surface area contributed by atoms with Gasteiger partial charge < -0.3 is 9.47 Å². The molecular weight excluding hydrogens is 324 g/mol. The van der Waals surface area contributed by atoms with Crippen LogP contribution in [-0.4, -0.2) is 41.0 Å². The Morgan fingerprint density at radius 3 is 2.48 bits per heavy atom. The van der Waals surface area contributed by atoms with Crippen molar-refractivity contribution in [2.24, 2.45) is 11.8 Å². The first kappa shape index (κ1) is 16.1. The highest BCUT2D eigenvalue weighted by molar-refractivity contribution is 6.07. The number of nitrogens with zero attached hydrogens (tertiary/aromatic N) is 1. The lowest BCUT2D eigenvalue weighted by Gasteiger charge is -2.21. The molecule has 1 aromatic carbocycles. The van der Waals surface area contributed by atoms with Crippen LogP contribution in [0, 0.1) is 18.8 Å². The van der Waals surface area contributed by atoms with E-state index in [-0.39, 0.29) is 24.0 Å². The summed E-state index contributed by atoms with van der Waals surface area (Å²) in [5, 5.41) is 0.863. The zero-order valence-corrected chi connectivity index (χ0v) is 14.1. The number of carbonyl (C=O) groups excluding carboxylic acids is 3. The lowest BCUT2D eigenvalue weighted by atomic mass is 9.81. The SMILES string of the molecule is Cc1cccc(O[C@H](C)C(=O)NN2C(=O)[C@@H]3[C@@H](C2=O)[C@@H]2CC[C@@H]3O2)c1. The van der Waals surface area contributed by atoms with Crippen LogP contribution in [0.25, 0.3) is 0 Å². The number of fused-ring (bicyclic) bond motifs is 5. The van der Waals surface area contributed by atoms with E-state index in [9.17, 15) is 14.4 Å². The number of benzene rings is 1. The zero-order chi connectivity index (χ0) is 17.7. The molecule has 5 atom stereocenters. The molecule has 3 saturated heterocycles. The standard InChI is InChI=1S/C18H20N2O5/c1-9-4-3-5-11(8-9)24-10(2)16(21)19-20-17(22)14-12-6-7-13(25-12)15(14)18(20)23/h3-5,8,10,12-15H,6-7H2,1-2H3,(H,19,21)/t10-,12+,13+,14+,15+/m1/s1. The quantitative estimate of drug-likeness (QED) is 0.822. The molecular formula is C18H20N2O5. The first-order chi connectivity index (χ1) is 12.0. The van der Waals surface area contributed by atoms with Crippen molar-refractivity contribution in [3.05, 3.63) is 29.8 Å². The topological polar surface area (TPSA) is 84.9 Å². The predicted molar refractivity (Wildman–Crippen MR) is 86.1 cm³/mol. The summed E-state index contributed by atoms with van der Waals surface area (Å²) >= 11 is 0. The Hall–Kier alpha value is -2.41. The van der Waals surface area contributed by atoms with E-state index >= 15 is 0 Å². The molecule has 4 rings (SSSR count). The number of hydrogen-bond acceptors (Lipinski definition) is 5. The zero-order valence-electron chi connectivity index (χ0n) is 14.1. The van der Waals surface area contributed by atoms with Crippen LogP contribution in [0.1, 0.15) is 25.3 Å². The highest BCUT2D eigenvalue weighted by Crippen LogP contribution is 2.48. The molecule has 3 aliphatic rings. The maximum absolute atomic E-state index is 12.5. The highest BCUT2D eigenvalue weighted by atomic mass is 16.5. The molecule has 1 aromatic rings. The second-order valence-corrected chi connectivity index (χ2v) is 6.91. The first-order valence-corrected chi connectivity index (χ1v) is 8.53. The van der Waals surface area contributed by atoms with Gasteiger partial charge in [-0.3, -0.25) is 19.8 Å². The van der Waals surface area contributed by atoms with Gasteiger partial charge in [0.1, 0.15) is 5.75 Å². The van der Waals surface area contributed by atoms with Gasteiger partial charge in [0.25, 0.3) is 17.7 Å². The molecule has 3 aliphatic heterocycles. The maximum atomic E-state index is 12.5. The van der Waals surface area contributed by atoms with Crippen LogP contribution in [0.4, 0.5) is 0 Å². The van der Waals surface area contributed by atoms with Gasteiger partial charge >= 0.3 is 0 Å². The Balaban J connectivity index is 1.42. The molecule has 3 fully saturated rings. The van der Waals surface area contributed by atoms with E-state index in [0.717, 1.165) is 23.4 Å². The number of carbonyl (C=O) groups is 3. The molecule has 132 valence electrons. The van der Waals surface area contributed by atoms with Gasteiger partial charge in [0, 0.05) is 0 Å². The smallest absolute Gasteiger partial charge is 0.279 e. The van der Waals surface area contributed by atoms with Crippen molar-refractivity contribution in [3.8, 4) is 5.75 Å². The summed E-state index contributed by atoms with van der Waals surface area (Å²) in [6.07, 6.45) is 0.346. The molecule has 2 bridgehead atoms. The summed E-state index contributed by atoms with van der Waals surface area (Å²) in [4.78, 5) is 37.4. The fraction of sp³-hybridized carbons (Fsp3) is 0.500. The van der Waals surface area contributed by atoms with Crippen LogP contribution in [-0.2, 0) is 19.1 Å². The third-order valence-corrected chi connectivity index (χ3v) is 5.18. The van der Waals surface area contributed by atoms with Gasteiger partial charge in [0.15, 0.2) is 6.10 Å². The van der Waals surface area contributed by atoms with E-state index < -0.39 is 23.8 Å². The fourth-order valence-corrected chi connectivity index (χ4v) is 3.97. The minimum atomic E-state index is -0.837. The van der Waals surface area contributed by atoms with Crippen LogP contribution < -0.4 is 10.2 Å². The minimum Gasteiger partial charge on any atom is -0.481 e. The van der Waals surface area contributed by atoms with Crippen molar-refractivity contribution in [1.82, 2.24) is 10.4 Å². The van der Waals surface area contributed by atoms with Crippen molar-refractivity contribution < 1.29 is 23.9 Å². The molecule has 0 aliphatic carbocycles. The van der Waals surface area contributed by atoms with Gasteiger partial charge in [0.05, 0.1) is 24.0 Å². The van der Waals surface area contributed by atoms with Crippen molar-refractivity contribution in [3.63, 3.8) is 0 Å². The van der Waals surface area contributed by atoms with Crippen LogP contribution in [0.2, 0.25) is 0 Å². The number of imide groups is 1. The molecule has 3 heterocycles. The molecule has 1 N–H and O–H groups in total. The van der Waals surface area contributed by atoms with Crippen LogP contribution in [0.5, 0.6) is 5.75 Å². The summed E-state index contributed by atoms with van der Waals surface area (Å²) in [7, 11) is 0. The summed E-state index contributed by atoms with van der Waals surface area (Å²) in [5.74, 6) is -1.64. The van der Waals surface area contributed by atoms with E-state index in [1.165, 1.54) is 0 Å². The van der Waals surface area contributed by atoms with Gasteiger partial charge in [-0.05, 0) is 44.4 Å². The average molecular weight is 344 g/mol. The number of rotatable bonds is 4. The molecule has 0 unspecified atom stereocenters. The van der Waals surface area contributed by atoms with E-state index in [1.54, 1.807) is 13.0 Å². The second kappa shape index (κ2) is 5.84. The summed E-state index contributed by atoms with van der Waals surface area (Å²) in [6, 6.07) is 7.33. The summed E-state index contributed by atoms with van der Waals surface area (Å²) in [5.41, 5.74) is 3.44. The van der Waals surface area contributed by atoms with Crippen molar-refractivity contribution in [2.45, 2.75) is 45.0 Å². The molecule has 3 amide bonds. The fourth-order valence-electron chi connectivity index (χ4n) is 3.97. The first-order valence-electron chi connectivity index (χ1n) is 8.53. The van der Waals surface area contributed by atoms with Gasteiger partial charge in [-0.1, -0.05) is 12.1 Å². The Morgan fingerprint density at radius 2 is 1.88 bits per heavy atom. The van der Waals surface area contributed by atoms with E-state index in [4.69, 9.17) is 9.47 Å². The molecule has 7 heteroatoms. The molecule has 0 saturated carbocycles. The van der Waals surface area contributed by atoms with Crippen molar-refractivity contribution in [2.75, 3.05) is 0 Å². The number of hydrazine groups is 1. The Labute approximate surface area is 145 Å². The number of nitrogens with one attached hydrogen (secondary N) is 1. The Kier molecular flexibility index (Phi) is 3.76. The van der Waals surface area contributed by atoms with E-state index in [2.05, 4.69) is 5.43 Å². The average Bonchev–Trinajstić information content (AvgIpc) is 3.24. The molecule has 7 nitrogen and oxygen atoms in total. The largest absolute Gasteiger partial charge is 0.481 e. The Bertz CT molecular complexity index is 721. The number of amides is 3. The lowest BCUT2D eigenvalue weighted by molar-refractivity contribution is -0.153. The molecule has 25 heavy (non-hydrogen) atoms. The Morgan fingerprint density at radius 1 is 1.24 bits per heavy atom. The normalized spacial score (nSPS) is 31.2. The van der Waals surface area contributed by atoms with Crippen molar-refractivity contribution in [1.29, 1.82) is 0 Å². The van der Waals surface area contributed by atoms with Gasteiger partial charge in [0.2, 0.25) is 0 Å². The van der Waals surface area contributed by atoms with E-state index in [0.29, 0.717) is 5.75 Å². The number of aryl methyl sites for hydroxylation is 1. The summed E-state index contributed by atoms with van der Waals surface area (Å²) < 4.78 is 11.3. The van der Waals surface area contributed by atoms with Crippen LogP contribution >= 0.6 is 0 Å². The monoisotopic (exact) mass is 344 g/mol. The molecule has 0 spiro atoms. The maximum Gasteiger partial charge on any atom is 0.279 e. The van der Waals surface area contributed by atoms with Gasteiger partial charge in [-0.2, -0.15) is 5.01 Å². The highest BCUT2D eigenvalue weighted by Gasteiger charge is 2.63.